The number of nitrogens with two attached hydrogens (primary N) is 1. The Morgan fingerprint density at radius 3 is 2.65 bits per heavy atom. The number of hydrogen-bond acceptors (Lipinski definition) is 4. The van der Waals surface area contributed by atoms with Gasteiger partial charge >= 0.3 is 0 Å². The number of aromatic nitrogens is 1. The van der Waals surface area contributed by atoms with Gasteiger partial charge in [-0.15, -0.1) is 24.8 Å². The lowest BCUT2D eigenvalue weighted by Gasteiger charge is -2.14. The number of hydrogen-bond donors (Lipinski definition) is 2. The maximum atomic E-state index is 9.10. The highest BCUT2D eigenvalue weighted by molar-refractivity contribution is 5.85. The summed E-state index contributed by atoms with van der Waals surface area (Å²) in [5, 5.41) is 9.10. The molecule has 0 amide bonds. The molecule has 2 rings (SSSR count). The van der Waals surface area contributed by atoms with E-state index in [9.17, 15) is 0 Å². The van der Waals surface area contributed by atoms with Crippen molar-refractivity contribution in [2.45, 2.75) is 12.6 Å². The van der Waals surface area contributed by atoms with Crippen molar-refractivity contribution < 1.29 is 5.11 Å². The van der Waals surface area contributed by atoms with Crippen molar-refractivity contribution >= 4 is 24.8 Å². The molecule has 0 aromatic carbocycles. The summed E-state index contributed by atoms with van der Waals surface area (Å²) in [5.74, 6) is 0.216. The van der Waals surface area contributed by atoms with Gasteiger partial charge in [0.2, 0.25) is 0 Å². The van der Waals surface area contributed by atoms with Gasteiger partial charge < -0.3 is 10.8 Å². The van der Waals surface area contributed by atoms with Crippen molar-refractivity contribution in [3.05, 3.63) is 30.1 Å². The van der Waals surface area contributed by atoms with Crippen molar-refractivity contribution in [2.75, 3.05) is 19.7 Å². The van der Waals surface area contributed by atoms with Gasteiger partial charge in [0.1, 0.15) is 0 Å². The Labute approximate surface area is 114 Å². The third-order valence-electron chi connectivity index (χ3n) is 2.91. The first-order chi connectivity index (χ1) is 7.29. The summed E-state index contributed by atoms with van der Waals surface area (Å²) in [7, 11) is 0. The average molecular weight is 280 g/mol. The number of pyridine rings is 1. The van der Waals surface area contributed by atoms with E-state index in [1.165, 1.54) is 0 Å². The second-order valence-corrected chi connectivity index (χ2v) is 4.12. The van der Waals surface area contributed by atoms with Crippen LogP contribution in [0.5, 0.6) is 0 Å². The summed E-state index contributed by atoms with van der Waals surface area (Å²) in [6.45, 7) is 2.72. The first kappa shape index (κ1) is 16.6. The van der Waals surface area contributed by atoms with Crippen molar-refractivity contribution in [3.8, 4) is 0 Å². The summed E-state index contributed by atoms with van der Waals surface area (Å²) >= 11 is 0. The number of halogens is 2. The number of likely N-dealkylation sites (tertiary alicyclic amines) is 1. The zero-order valence-electron chi connectivity index (χ0n) is 9.53. The van der Waals surface area contributed by atoms with E-state index in [0.29, 0.717) is 0 Å². The van der Waals surface area contributed by atoms with E-state index in [4.69, 9.17) is 10.8 Å². The van der Waals surface area contributed by atoms with Gasteiger partial charge in [0, 0.05) is 44.4 Å². The maximum absolute atomic E-state index is 9.10. The zero-order chi connectivity index (χ0) is 10.7. The minimum absolute atomic E-state index is 0. The number of rotatable bonds is 3. The SMILES string of the molecule is Cl.Cl.N[C@H]1CN(Cc2ccccn2)C[C@@H]1CO. The molecule has 1 fully saturated rings. The molecular formula is C11H19Cl2N3O. The van der Waals surface area contributed by atoms with Gasteiger partial charge in [0.05, 0.1) is 5.69 Å². The molecule has 2 atom stereocenters. The molecule has 6 heteroatoms. The second kappa shape index (κ2) is 7.84. The first-order valence-corrected chi connectivity index (χ1v) is 5.28. The fourth-order valence-corrected chi connectivity index (χ4v) is 2.03. The molecule has 0 unspecified atom stereocenters. The lowest BCUT2D eigenvalue weighted by Crippen LogP contribution is -2.31. The molecule has 0 radical (unpaired) electrons. The van der Waals surface area contributed by atoms with Gasteiger partial charge in [-0.3, -0.25) is 9.88 Å². The molecule has 17 heavy (non-hydrogen) atoms. The molecule has 1 saturated heterocycles. The monoisotopic (exact) mass is 279 g/mol. The van der Waals surface area contributed by atoms with Crippen LogP contribution in [-0.4, -0.2) is 40.7 Å². The van der Waals surface area contributed by atoms with Crippen LogP contribution in [-0.2, 0) is 6.54 Å². The fraction of sp³-hybridized carbons (Fsp3) is 0.545. The highest BCUT2D eigenvalue weighted by atomic mass is 35.5. The number of aliphatic hydroxyl groups excluding tert-OH is 1. The van der Waals surface area contributed by atoms with E-state index in [1.807, 2.05) is 18.2 Å². The van der Waals surface area contributed by atoms with E-state index < -0.39 is 0 Å². The van der Waals surface area contributed by atoms with E-state index in [0.717, 1.165) is 25.3 Å². The lowest BCUT2D eigenvalue weighted by atomic mass is 10.1. The van der Waals surface area contributed by atoms with E-state index in [2.05, 4.69) is 9.88 Å². The molecule has 0 bridgehead atoms. The molecule has 1 aliphatic rings. The molecule has 98 valence electrons. The minimum atomic E-state index is 0. The standard InChI is InChI=1S/C11H17N3O.2ClH/c12-11-7-14(5-9(11)8-15)6-10-3-1-2-4-13-10;;/h1-4,9,11,15H,5-8,12H2;2*1H/t9-,11+;;/m1../s1. The molecular weight excluding hydrogens is 261 g/mol. The van der Waals surface area contributed by atoms with Crippen LogP contribution in [0.25, 0.3) is 0 Å². The van der Waals surface area contributed by atoms with Gasteiger partial charge in [-0.1, -0.05) is 6.07 Å². The minimum Gasteiger partial charge on any atom is -0.396 e. The molecule has 1 aromatic rings. The summed E-state index contributed by atoms with van der Waals surface area (Å²) in [6.07, 6.45) is 1.80. The molecule has 2 heterocycles. The van der Waals surface area contributed by atoms with Crippen LogP contribution in [0.15, 0.2) is 24.4 Å². The Hall–Kier alpha value is -0.390. The van der Waals surface area contributed by atoms with Gasteiger partial charge in [-0.2, -0.15) is 0 Å². The summed E-state index contributed by atoms with van der Waals surface area (Å²) in [4.78, 5) is 6.52. The van der Waals surface area contributed by atoms with Crippen LogP contribution in [0, 0.1) is 5.92 Å². The Morgan fingerprint density at radius 1 is 1.35 bits per heavy atom. The number of nitrogens with zero attached hydrogens (tertiary/aromatic N) is 2. The Kier molecular flexibility index (Phi) is 7.66. The maximum Gasteiger partial charge on any atom is 0.0543 e. The molecule has 0 aliphatic carbocycles. The normalized spacial score (nSPS) is 23.9. The Balaban J connectivity index is 0.00000128. The highest BCUT2D eigenvalue weighted by Crippen LogP contribution is 2.16. The summed E-state index contributed by atoms with van der Waals surface area (Å²) in [5.41, 5.74) is 6.97. The highest BCUT2D eigenvalue weighted by Gasteiger charge is 2.29. The van der Waals surface area contributed by atoms with Crippen LogP contribution < -0.4 is 5.73 Å². The molecule has 4 nitrogen and oxygen atoms in total. The average Bonchev–Trinajstić information content (AvgIpc) is 2.60. The second-order valence-electron chi connectivity index (χ2n) is 4.12. The molecule has 1 aliphatic heterocycles. The molecule has 3 N–H and O–H groups in total. The fourth-order valence-electron chi connectivity index (χ4n) is 2.03. The molecule has 0 spiro atoms. The van der Waals surface area contributed by atoms with Crippen LogP contribution in [0.4, 0.5) is 0 Å². The number of aliphatic hydroxyl groups is 1. The summed E-state index contributed by atoms with van der Waals surface area (Å²) in [6, 6.07) is 6.01. The smallest absolute Gasteiger partial charge is 0.0543 e. The van der Waals surface area contributed by atoms with Crippen LogP contribution in [0.3, 0.4) is 0 Å². The lowest BCUT2D eigenvalue weighted by molar-refractivity contribution is 0.214. The van der Waals surface area contributed by atoms with E-state index in [1.54, 1.807) is 6.20 Å². The predicted molar refractivity (Wildman–Crippen MR) is 72.6 cm³/mol. The topological polar surface area (TPSA) is 62.4 Å². The molecule has 0 saturated carbocycles. The van der Waals surface area contributed by atoms with Crippen molar-refractivity contribution in [1.82, 2.24) is 9.88 Å². The zero-order valence-corrected chi connectivity index (χ0v) is 11.2. The van der Waals surface area contributed by atoms with Gasteiger partial charge in [-0.25, -0.2) is 0 Å². The van der Waals surface area contributed by atoms with Crippen molar-refractivity contribution in [2.24, 2.45) is 11.7 Å². The van der Waals surface area contributed by atoms with Crippen molar-refractivity contribution in [1.29, 1.82) is 0 Å². The molecule has 1 aromatic heterocycles. The van der Waals surface area contributed by atoms with Crippen LogP contribution in [0.1, 0.15) is 5.69 Å². The van der Waals surface area contributed by atoms with Crippen molar-refractivity contribution in [3.63, 3.8) is 0 Å². The van der Waals surface area contributed by atoms with E-state index >= 15 is 0 Å². The summed E-state index contributed by atoms with van der Waals surface area (Å²) < 4.78 is 0. The largest absolute Gasteiger partial charge is 0.396 e. The Bertz CT molecular complexity index is 313. The quantitative estimate of drug-likeness (QED) is 0.854. The van der Waals surface area contributed by atoms with Crippen LogP contribution in [0.2, 0.25) is 0 Å². The third-order valence-corrected chi connectivity index (χ3v) is 2.91. The van der Waals surface area contributed by atoms with Crippen LogP contribution >= 0.6 is 24.8 Å². The van der Waals surface area contributed by atoms with Gasteiger partial charge in [-0.05, 0) is 12.1 Å². The third kappa shape index (κ3) is 4.41. The first-order valence-electron chi connectivity index (χ1n) is 5.28. The predicted octanol–water partition coefficient (Wildman–Crippen LogP) is 0.677. The van der Waals surface area contributed by atoms with Gasteiger partial charge in [0.15, 0.2) is 0 Å². The van der Waals surface area contributed by atoms with E-state index in [-0.39, 0.29) is 43.4 Å². The van der Waals surface area contributed by atoms with Gasteiger partial charge in [0.25, 0.3) is 0 Å². The Morgan fingerprint density at radius 2 is 2.12 bits per heavy atom.